The molecule has 25 heavy (non-hydrogen) atoms. The average molecular weight is 462 g/mol. The van der Waals surface area contributed by atoms with Gasteiger partial charge in [0.05, 0.1) is 0 Å². The fraction of sp³-hybridized carbons (Fsp3) is 0.190. The third-order valence-corrected chi connectivity index (χ3v) is 5.13. The Morgan fingerprint density at radius 2 is 1.64 bits per heavy atom. The molecule has 2 aromatic carbocycles. The molecule has 0 spiro atoms. The Labute approximate surface area is 171 Å². The zero-order chi connectivity index (χ0) is 16.9. The van der Waals surface area contributed by atoms with Crippen molar-refractivity contribution in [1.29, 1.82) is 0 Å². The predicted octanol–water partition coefficient (Wildman–Crippen LogP) is 2.01. The average Bonchev–Trinajstić information content (AvgIpc) is 2.96. The van der Waals surface area contributed by atoms with Gasteiger partial charge in [-0.2, -0.15) is 4.57 Å². The van der Waals surface area contributed by atoms with Crippen LogP contribution in [0, 0.1) is 0 Å². The first-order chi connectivity index (χ1) is 11.7. The number of benzene rings is 2. The van der Waals surface area contributed by atoms with Gasteiger partial charge in [-0.25, -0.2) is 0 Å². The minimum Gasteiger partial charge on any atom is -1.00 e. The number of halogens is 1. The predicted molar refractivity (Wildman–Crippen MR) is 107 cm³/mol. The molecule has 3 rings (SSSR count). The fourth-order valence-electron chi connectivity index (χ4n) is 2.69. The number of aryl methyl sites for hydroxylation is 1. The number of hydrogen-bond donors (Lipinski definition) is 0. The molecule has 0 unspecified atom stereocenters. The van der Waals surface area contributed by atoms with Gasteiger partial charge in [0.2, 0.25) is 5.52 Å². The van der Waals surface area contributed by atoms with Crippen LogP contribution in [-0.4, -0.2) is 14.1 Å². The number of aromatic nitrogens is 1. The Bertz CT molecular complexity index is 877. The summed E-state index contributed by atoms with van der Waals surface area (Å²) in [6, 6.07) is 17.1. The number of nitrogens with zero attached hydrogens (tertiary/aromatic N) is 2. The van der Waals surface area contributed by atoms with Gasteiger partial charge in [-0.05, 0) is 30.7 Å². The van der Waals surface area contributed by atoms with Crippen molar-refractivity contribution in [2.24, 2.45) is 0 Å². The lowest BCUT2D eigenvalue weighted by atomic mass is 10.2. The highest BCUT2D eigenvalue weighted by Crippen LogP contribution is 2.21. The second kappa shape index (κ2) is 9.15. The minimum absolute atomic E-state index is 0. The molecule has 130 valence electrons. The van der Waals surface area contributed by atoms with E-state index in [2.05, 4.69) is 103 Å². The Morgan fingerprint density at radius 3 is 2.32 bits per heavy atom. The summed E-state index contributed by atoms with van der Waals surface area (Å²) in [6.45, 7) is 3.18. The summed E-state index contributed by atoms with van der Waals surface area (Å²) < 4.78 is 3.69. The maximum absolute atomic E-state index is 2.36. The summed E-state index contributed by atoms with van der Waals surface area (Å²) in [4.78, 5) is 2.11. The summed E-state index contributed by atoms with van der Waals surface area (Å²) >= 11 is 1.84. The van der Waals surface area contributed by atoms with E-state index in [0.29, 0.717) is 0 Å². The highest BCUT2D eigenvalue weighted by molar-refractivity contribution is 7.18. The summed E-state index contributed by atoms with van der Waals surface area (Å²) in [5.74, 6) is 0. The summed E-state index contributed by atoms with van der Waals surface area (Å²) in [6.07, 6.45) is 8.56. The molecule has 0 amide bonds. The van der Waals surface area contributed by atoms with E-state index in [1.54, 1.807) is 0 Å². The zero-order valence-corrected chi connectivity index (χ0v) is 17.8. The molecule has 0 aliphatic heterocycles. The van der Waals surface area contributed by atoms with E-state index in [-0.39, 0.29) is 24.0 Å². The van der Waals surface area contributed by atoms with Gasteiger partial charge in [0, 0.05) is 31.9 Å². The number of para-hydroxylation sites is 1. The normalized spacial score (nSPS) is 11.3. The number of hydrogen-bond acceptors (Lipinski definition) is 2. The molecule has 0 saturated carbocycles. The molecular formula is C21H23IN2S. The van der Waals surface area contributed by atoms with Crippen molar-refractivity contribution in [3.8, 4) is 0 Å². The molecule has 1 heterocycles. The Hall–Kier alpha value is -1.66. The van der Waals surface area contributed by atoms with Crippen LogP contribution in [0.1, 0.15) is 17.5 Å². The van der Waals surface area contributed by atoms with Crippen LogP contribution in [-0.2, 0) is 6.54 Å². The van der Waals surface area contributed by atoms with Crippen LogP contribution in [0.15, 0.2) is 60.7 Å². The summed E-state index contributed by atoms with van der Waals surface area (Å²) in [5, 5.41) is 1.28. The Morgan fingerprint density at radius 1 is 0.960 bits per heavy atom. The lowest BCUT2D eigenvalue weighted by Crippen LogP contribution is -3.00. The molecule has 3 aromatic rings. The van der Waals surface area contributed by atoms with Crippen molar-refractivity contribution in [1.82, 2.24) is 0 Å². The number of rotatable bonds is 5. The van der Waals surface area contributed by atoms with Crippen molar-refractivity contribution in [2.75, 3.05) is 19.0 Å². The molecule has 0 saturated heterocycles. The molecule has 0 bridgehead atoms. The van der Waals surface area contributed by atoms with Crippen LogP contribution in [0.3, 0.4) is 0 Å². The van der Waals surface area contributed by atoms with Crippen LogP contribution < -0.4 is 33.4 Å². The molecule has 0 aliphatic rings. The van der Waals surface area contributed by atoms with Gasteiger partial charge < -0.3 is 28.9 Å². The van der Waals surface area contributed by atoms with Crippen LogP contribution in [0.2, 0.25) is 0 Å². The maximum Gasteiger partial charge on any atom is 0.262 e. The first-order valence-electron chi connectivity index (χ1n) is 8.22. The molecule has 0 N–H and O–H groups in total. The molecule has 4 heteroatoms. The monoisotopic (exact) mass is 462 g/mol. The van der Waals surface area contributed by atoms with Gasteiger partial charge in [-0.3, -0.25) is 0 Å². The van der Waals surface area contributed by atoms with Crippen LogP contribution in [0.5, 0.6) is 0 Å². The van der Waals surface area contributed by atoms with Crippen LogP contribution in [0.25, 0.3) is 22.4 Å². The summed E-state index contributed by atoms with van der Waals surface area (Å²) in [7, 11) is 4.11. The Balaban J connectivity index is 0.00000225. The minimum atomic E-state index is 0. The zero-order valence-electron chi connectivity index (χ0n) is 14.8. The van der Waals surface area contributed by atoms with Gasteiger partial charge >= 0.3 is 0 Å². The van der Waals surface area contributed by atoms with E-state index in [1.807, 2.05) is 11.3 Å². The standard InChI is InChI=1S/C21H23N2S.HI/c1-4-23-19-10-6-7-11-20(19)24-21(23)12-8-5-9-17-13-15-18(16-14-17)22(2)3;/h5-16H,4H2,1-3H3;1H/q+1;/p-1. The number of thiazole rings is 1. The molecule has 0 radical (unpaired) electrons. The molecule has 2 nitrogen and oxygen atoms in total. The quantitative estimate of drug-likeness (QED) is 0.320. The highest BCUT2D eigenvalue weighted by Gasteiger charge is 2.15. The first-order valence-corrected chi connectivity index (χ1v) is 9.04. The van der Waals surface area contributed by atoms with E-state index in [0.717, 1.165) is 6.54 Å². The van der Waals surface area contributed by atoms with Gasteiger partial charge in [-0.15, -0.1) is 0 Å². The SMILES string of the molecule is CC[n+]1c(C=CC=Cc2ccc(N(C)C)cc2)sc2ccccc21.[I-]. The van der Waals surface area contributed by atoms with E-state index in [4.69, 9.17) is 0 Å². The van der Waals surface area contributed by atoms with E-state index in [9.17, 15) is 0 Å². The van der Waals surface area contributed by atoms with Crippen molar-refractivity contribution in [2.45, 2.75) is 13.5 Å². The molecular weight excluding hydrogens is 439 g/mol. The van der Waals surface area contributed by atoms with Crippen LogP contribution in [0.4, 0.5) is 5.69 Å². The molecule has 0 aliphatic carbocycles. The third-order valence-electron chi connectivity index (χ3n) is 4.00. The number of allylic oxidation sites excluding steroid dienone is 2. The van der Waals surface area contributed by atoms with Gasteiger partial charge in [0.15, 0.2) is 0 Å². The Kier molecular flexibility index (Phi) is 7.20. The van der Waals surface area contributed by atoms with Crippen molar-refractivity contribution < 1.29 is 28.5 Å². The van der Waals surface area contributed by atoms with E-state index in [1.165, 1.54) is 26.5 Å². The third kappa shape index (κ3) is 4.70. The van der Waals surface area contributed by atoms with Crippen LogP contribution >= 0.6 is 11.3 Å². The molecule has 0 fully saturated rings. The van der Waals surface area contributed by atoms with Crippen molar-refractivity contribution in [3.63, 3.8) is 0 Å². The highest BCUT2D eigenvalue weighted by atomic mass is 127. The number of anilines is 1. The second-order valence-corrected chi connectivity index (χ2v) is 6.92. The van der Waals surface area contributed by atoms with Crippen molar-refractivity contribution >= 4 is 39.4 Å². The number of fused-ring (bicyclic) bond motifs is 1. The van der Waals surface area contributed by atoms with E-state index >= 15 is 0 Å². The topological polar surface area (TPSA) is 7.12 Å². The lowest BCUT2D eigenvalue weighted by Gasteiger charge is -2.11. The smallest absolute Gasteiger partial charge is 0.262 e. The van der Waals surface area contributed by atoms with Gasteiger partial charge in [0.1, 0.15) is 11.2 Å². The summed E-state index contributed by atoms with van der Waals surface area (Å²) in [5.41, 5.74) is 3.75. The van der Waals surface area contributed by atoms with Gasteiger partial charge in [0.25, 0.3) is 5.01 Å². The van der Waals surface area contributed by atoms with Gasteiger partial charge in [-0.1, -0.05) is 53.8 Å². The second-order valence-electron chi connectivity index (χ2n) is 5.86. The largest absolute Gasteiger partial charge is 1.00 e. The first kappa shape index (κ1) is 19.7. The molecule has 1 aromatic heterocycles. The fourth-order valence-corrected chi connectivity index (χ4v) is 3.83. The lowest BCUT2D eigenvalue weighted by molar-refractivity contribution is -0.665. The molecule has 0 atom stereocenters. The van der Waals surface area contributed by atoms with Crippen molar-refractivity contribution in [3.05, 3.63) is 71.3 Å². The van der Waals surface area contributed by atoms with E-state index < -0.39 is 0 Å². The maximum atomic E-state index is 2.36.